The van der Waals surface area contributed by atoms with Crippen LogP contribution in [0.2, 0.25) is 0 Å². The van der Waals surface area contributed by atoms with E-state index in [1.807, 2.05) is 30.3 Å². The van der Waals surface area contributed by atoms with Crippen molar-refractivity contribution >= 4 is 17.6 Å². The van der Waals surface area contributed by atoms with Gasteiger partial charge in [-0.2, -0.15) is 13.2 Å². The van der Waals surface area contributed by atoms with Gasteiger partial charge < -0.3 is 15.7 Å². The van der Waals surface area contributed by atoms with Crippen LogP contribution in [0.1, 0.15) is 53.6 Å². The molecule has 0 bridgehead atoms. The highest BCUT2D eigenvalue weighted by Gasteiger charge is 2.39. The first-order valence-corrected chi connectivity index (χ1v) is 10.7. The quantitative estimate of drug-likeness (QED) is 0.558. The topological polar surface area (TPSA) is 78.4 Å². The number of carbonyl (C=O) groups excluding carboxylic acids is 1. The van der Waals surface area contributed by atoms with E-state index in [9.17, 15) is 18.0 Å². The predicted molar refractivity (Wildman–Crippen MR) is 116 cm³/mol. The normalized spacial score (nSPS) is 19.5. The van der Waals surface area contributed by atoms with Crippen LogP contribution in [0.25, 0.3) is 0 Å². The maximum atomic E-state index is 12.7. The Balaban J connectivity index is 0.000000360. The first-order chi connectivity index (χ1) is 15.2. The number of rotatable bonds is 7. The van der Waals surface area contributed by atoms with E-state index in [-0.39, 0.29) is 5.91 Å². The molecule has 2 atom stereocenters. The lowest BCUT2D eigenvalue weighted by molar-refractivity contribution is -0.192. The molecule has 0 aromatic heterocycles. The smallest absolute Gasteiger partial charge is 0.475 e. The minimum atomic E-state index is -5.08. The number of nitrogens with one attached hydrogen (secondary N) is 2. The molecule has 0 spiro atoms. The van der Waals surface area contributed by atoms with Crippen molar-refractivity contribution in [1.29, 1.82) is 0 Å². The number of alkyl halides is 3. The van der Waals surface area contributed by atoms with Crippen LogP contribution in [-0.4, -0.2) is 35.7 Å². The van der Waals surface area contributed by atoms with E-state index in [0.29, 0.717) is 12.0 Å². The van der Waals surface area contributed by atoms with Crippen LogP contribution in [0, 0.1) is 5.92 Å². The summed E-state index contributed by atoms with van der Waals surface area (Å²) in [5, 5.41) is 13.9. The minimum Gasteiger partial charge on any atom is -0.475 e. The molecule has 2 saturated carbocycles. The molecule has 0 unspecified atom stereocenters. The number of halogens is 3. The molecule has 5 nitrogen and oxygen atoms in total. The minimum absolute atomic E-state index is 0.0223. The summed E-state index contributed by atoms with van der Waals surface area (Å²) >= 11 is 0. The molecule has 2 fully saturated rings. The summed E-state index contributed by atoms with van der Waals surface area (Å²) in [5.41, 5.74) is 4.11. The molecule has 0 saturated heterocycles. The molecule has 2 aliphatic rings. The Labute approximate surface area is 185 Å². The SMILES string of the molecule is CCc1ccccc1NC(=O)c1cccc([C@@H]2C[C@H]2NCC2CC2)c1.O=C(O)C(F)(F)F. The van der Waals surface area contributed by atoms with Crippen LogP contribution in [0.4, 0.5) is 18.9 Å². The zero-order chi connectivity index (χ0) is 23.3. The third kappa shape index (κ3) is 6.82. The van der Waals surface area contributed by atoms with Crippen molar-refractivity contribution in [2.45, 2.75) is 50.7 Å². The van der Waals surface area contributed by atoms with Gasteiger partial charge in [-0.05, 0) is 67.5 Å². The largest absolute Gasteiger partial charge is 0.490 e. The second-order valence-electron chi connectivity index (χ2n) is 8.19. The summed E-state index contributed by atoms with van der Waals surface area (Å²) < 4.78 is 31.7. The number of carboxylic acids is 1. The third-order valence-electron chi connectivity index (χ3n) is 5.62. The molecular formula is C24H27F3N2O3. The van der Waals surface area contributed by atoms with Gasteiger partial charge in [0.1, 0.15) is 0 Å². The van der Waals surface area contributed by atoms with Gasteiger partial charge in [0.2, 0.25) is 0 Å². The van der Waals surface area contributed by atoms with Gasteiger partial charge in [-0.25, -0.2) is 4.79 Å². The lowest BCUT2D eigenvalue weighted by Crippen LogP contribution is -2.21. The summed E-state index contributed by atoms with van der Waals surface area (Å²) in [5.74, 6) is -1.30. The first-order valence-electron chi connectivity index (χ1n) is 10.7. The fourth-order valence-corrected chi connectivity index (χ4v) is 3.48. The van der Waals surface area contributed by atoms with Gasteiger partial charge >= 0.3 is 12.1 Å². The highest BCUT2D eigenvalue weighted by molar-refractivity contribution is 6.04. The van der Waals surface area contributed by atoms with Crippen molar-refractivity contribution in [3.8, 4) is 0 Å². The molecule has 1 amide bonds. The third-order valence-corrected chi connectivity index (χ3v) is 5.62. The van der Waals surface area contributed by atoms with E-state index in [1.165, 1.54) is 30.4 Å². The molecule has 172 valence electrons. The number of carbonyl (C=O) groups is 2. The highest BCUT2D eigenvalue weighted by atomic mass is 19.4. The standard InChI is InChI=1S/C22H26N2O.C2HF3O2/c1-2-16-6-3-4-9-20(16)24-22(25)18-8-5-7-17(12-18)19-13-21(19)23-14-15-10-11-15;3-2(4,5)1(6)7/h3-9,12,15,19,21,23H,2,10-11,13-14H2,1H3,(H,24,25);(H,6,7)/t19-,21+;/m0./s1. The van der Waals surface area contributed by atoms with Crippen molar-refractivity contribution in [2.75, 3.05) is 11.9 Å². The molecule has 3 N–H and O–H groups in total. The van der Waals surface area contributed by atoms with Crippen molar-refractivity contribution in [1.82, 2.24) is 5.32 Å². The van der Waals surface area contributed by atoms with Crippen LogP contribution in [0.15, 0.2) is 48.5 Å². The molecular weight excluding hydrogens is 421 g/mol. The summed E-state index contributed by atoms with van der Waals surface area (Å²) in [7, 11) is 0. The highest BCUT2D eigenvalue weighted by Crippen LogP contribution is 2.41. The molecule has 0 radical (unpaired) electrons. The number of aryl methyl sites for hydroxylation is 1. The van der Waals surface area contributed by atoms with E-state index in [2.05, 4.69) is 35.8 Å². The van der Waals surface area contributed by atoms with E-state index in [0.717, 1.165) is 30.1 Å². The number of aliphatic carboxylic acids is 1. The Morgan fingerprint density at radius 1 is 1.09 bits per heavy atom. The molecule has 0 heterocycles. The molecule has 2 aromatic carbocycles. The maximum Gasteiger partial charge on any atom is 0.490 e. The Morgan fingerprint density at radius 2 is 1.78 bits per heavy atom. The van der Waals surface area contributed by atoms with E-state index < -0.39 is 12.1 Å². The van der Waals surface area contributed by atoms with Crippen LogP contribution >= 0.6 is 0 Å². The van der Waals surface area contributed by atoms with Crippen molar-refractivity contribution < 1.29 is 27.9 Å². The Bertz CT molecular complexity index is 958. The van der Waals surface area contributed by atoms with Gasteiger partial charge in [0.25, 0.3) is 5.91 Å². The molecule has 4 rings (SSSR count). The Hall–Kier alpha value is -2.87. The van der Waals surface area contributed by atoms with Gasteiger partial charge in [-0.15, -0.1) is 0 Å². The molecule has 2 aromatic rings. The summed E-state index contributed by atoms with van der Waals surface area (Å²) in [6.45, 7) is 3.27. The Morgan fingerprint density at radius 3 is 2.41 bits per heavy atom. The van der Waals surface area contributed by atoms with Crippen LogP contribution in [-0.2, 0) is 11.2 Å². The van der Waals surface area contributed by atoms with Crippen molar-refractivity contribution in [2.24, 2.45) is 5.92 Å². The fourth-order valence-electron chi connectivity index (χ4n) is 3.48. The average Bonchev–Trinajstić information content (AvgIpc) is 3.67. The van der Waals surface area contributed by atoms with E-state index in [1.54, 1.807) is 0 Å². The molecule has 0 aliphatic heterocycles. The number of hydrogen-bond donors (Lipinski definition) is 3. The summed E-state index contributed by atoms with van der Waals surface area (Å²) in [6, 6.07) is 16.7. The number of hydrogen-bond acceptors (Lipinski definition) is 3. The zero-order valence-corrected chi connectivity index (χ0v) is 17.8. The number of benzene rings is 2. The monoisotopic (exact) mass is 448 g/mol. The van der Waals surface area contributed by atoms with Gasteiger partial charge in [0, 0.05) is 23.2 Å². The molecule has 8 heteroatoms. The van der Waals surface area contributed by atoms with Gasteiger partial charge in [0.15, 0.2) is 0 Å². The van der Waals surface area contributed by atoms with E-state index >= 15 is 0 Å². The lowest BCUT2D eigenvalue weighted by Gasteiger charge is -2.10. The first kappa shape index (κ1) is 23.8. The fraction of sp³-hybridized carbons (Fsp3) is 0.417. The molecule has 2 aliphatic carbocycles. The summed E-state index contributed by atoms with van der Waals surface area (Å²) in [4.78, 5) is 21.6. The van der Waals surface area contributed by atoms with Gasteiger partial charge in [0.05, 0.1) is 0 Å². The van der Waals surface area contributed by atoms with Crippen molar-refractivity contribution in [3.05, 3.63) is 65.2 Å². The lowest BCUT2D eigenvalue weighted by atomic mass is 10.1. The number of amides is 1. The van der Waals surface area contributed by atoms with Crippen LogP contribution in [0.5, 0.6) is 0 Å². The van der Waals surface area contributed by atoms with Gasteiger partial charge in [-0.1, -0.05) is 37.3 Å². The summed E-state index contributed by atoms with van der Waals surface area (Å²) in [6.07, 6.45) is -0.206. The van der Waals surface area contributed by atoms with E-state index in [4.69, 9.17) is 9.90 Å². The number of carboxylic acid groups (broad SMARTS) is 1. The maximum absolute atomic E-state index is 12.7. The Kier molecular flexibility index (Phi) is 7.56. The second-order valence-corrected chi connectivity index (χ2v) is 8.19. The van der Waals surface area contributed by atoms with Gasteiger partial charge in [-0.3, -0.25) is 4.79 Å². The number of anilines is 1. The molecule has 32 heavy (non-hydrogen) atoms. The van der Waals surface area contributed by atoms with Crippen molar-refractivity contribution in [3.63, 3.8) is 0 Å². The average molecular weight is 448 g/mol. The predicted octanol–water partition coefficient (Wildman–Crippen LogP) is 4.99. The second kappa shape index (κ2) is 10.2. The van der Waals surface area contributed by atoms with Crippen LogP contribution < -0.4 is 10.6 Å². The zero-order valence-electron chi connectivity index (χ0n) is 17.8. The number of para-hydroxylation sites is 1. The van der Waals surface area contributed by atoms with Crippen LogP contribution in [0.3, 0.4) is 0 Å².